The molecule has 2 atom stereocenters. The molecule has 2 aromatic rings. The molecule has 0 saturated carbocycles. The first-order valence-electron chi connectivity index (χ1n) is 10.1. The Labute approximate surface area is 187 Å². The molecule has 2 N–H and O–H groups in total. The van der Waals surface area contributed by atoms with Gasteiger partial charge in [0.2, 0.25) is 0 Å². The minimum Gasteiger partial charge on any atom is -0.465 e. The number of benzene rings is 2. The number of ether oxygens (including phenoxy) is 1. The van der Waals surface area contributed by atoms with E-state index < -0.39 is 0 Å². The van der Waals surface area contributed by atoms with Crippen LogP contribution in [0.2, 0.25) is 5.02 Å². The topological polar surface area (TPSA) is 85.7 Å². The molecule has 0 aliphatic carbocycles. The summed E-state index contributed by atoms with van der Waals surface area (Å²) in [7, 11) is 1.35. The smallest absolute Gasteiger partial charge is 0.337 e. The summed E-state index contributed by atoms with van der Waals surface area (Å²) in [6, 6.07) is 12.7. The summed E-state index contributed by atoms with van der Waals surface area (Å²) < 4.78 is 4.70. The van der Waals surface area contributed by atoms with Gasteiger partial charge in [-0.1, -0.05) is 23.7 Å². The summed E-state index contributed by atoms with van der Waals surface area (Å²) in [5.74, 6) is -0.384. The molecule has 31 heavy (non-hydrogen) atoms. The van der Waals surface area contributed by atoms with Gasteiger partial charge in [0.1, 0.15) is 0 Å². The Morgan fingerprint density at radius 1 is 1.16 bits per heavy atom. The number of piperazine rings is 1. The minimum atomic E-state index is -0.384. The number of esters is 1. The van der Waals surface area contributed by atoms with E-state index in [1.807, 2.05) is 30.0 Å². The van der Waals surface area contributed by atoms with Crippen LogP contribution >= 0.6 is 11.6 Å². The highest BCUT2D eigenvalue weighted by molar-refractivity contribution is 6.33. The Kier molecular flexibility index (Phi) is 7.17. The maximum absolute atomic E-state index is 12.8. The average Bonchev–Trinajstić information content (AvgIpc) is 2.78. The molecule has 0 aromatic heterocycles. The summed E-state index contributed by atoms with van der Waals surface area (Å²) in [4.78, 5) is 28.4. The number of nitrogens with zero attached hydrogens (tertiary/aromatic N) is 2. The van der Waals surface area contributed by atoms with E-state index in [1.54, 1.807) is 24.3 Å². The van der Waals surface area contributed by atoms with Gasteiger partial charge in [0.25, 0.3) is 0 Å². The summed E-state index contributed by atoms with van der Waals surface area (Å²) in [5.41, 5.74) is 3.05. The summed E-state index contributed by atoms with van der Waals surface area (Å²) in [6.45, 7) is 5.75. The second-order valence-electron chi connectivity index (χ2n) is 7.70. The van der Waals surface area contributed by atoms with E-state index in [9.17, 15) is 9.59 Å². The number of hydrogen-bond donors (Lipinski definition) is 2. The Balaban J connectivity index is 1.60. The number of methoxy groups -OCH3 is 1. The highest BCUT2D eigenvalue weighted by Crippen LogP contribution is 2.27. The van der Waals surface area contributed by atoms with Gasteiger partial charge in [0, 0.05) is 49.2 Å². The summed E-state index contributed by atoms with van der Waals surface area (Å²) >= 11 is 6.27. The third-order valence-corrected chi connectivity index (χ3v) is 5.86. The van der Waals surface area contributed by atoms with Crippen LogP contribution in [0, 0.1) is 5.41 Å². The molecule has 2 aromatic carbocycles. The normalized spacial score (nSPS) is 18.5. The molecular weight excluding hydrogens is 416 g/mol. The molecule has 0 bridgehead atoms. The van der Waals surface area contributed by atoms with Gasteiger partial charge in [-0.3, -0.25) is 0 Å². The van der Waals surface area contributed by atoms with Gasteiger partial charge in [-0.15, -0.1) is 0 Å². The first kappa shape index (κ1) is 22.6. The van der Waals surface area contributed by atoms with E-state index >= 15 is 0 Å². The highest BCUT2D eigenvalue weighted by atomic mass is 35.5. The molecule has 1 aliphatic rings. The van der Waals surface area contributed by atoms with Gasteiger partial charge < -0.3 is 25.3 Å². The molecule has 0 radical (unpaired) electrons. The molecule has 8 heteroatoms. The Hall–Kier alpha value is -3.06. The maximum Gasteiger partial charge on any atom is 0.337 e. The number of nitrogens with one attached hydrogen (secondary N) is 2. The monoisotopic (exact) mass is 442 g/mol. The van der Waals surface area contributed by atoms with Crippen molar-refractivity contribution in [1.29, 1.82) is 5.41 Å². The van der Waals surface area contributed by atoms with E-state index in [2.05, 4.69) is 17.1 Å². The van der Waals surface area contributed by atoms with Crippen LogP contribution in [0.5, 0.6) is 0 Å². The third kappa shape index (κ3) is 5.17. The van der Waals surface area contributed by atoms with Crippen LogP contribution in [0.3, 0.4) is 0 Å². The number of carbonyl (C=O) groups is 2. The van der Waals surface area contributed by atoms with Crippen molar-refractivity contribution in [2.75, 3.05) is 25.1 Å². The first-order chi connectivity index (χ1) is 14.8. The van der Waals surface area contributed by atoms with Crippen LogP contribution < -0.4 is 10.2 Å². The maximum atomic E-state index is 12.8. The predicted molar refractivity (Wildman–Crippen MR) is 122 cm³/mol. The lowest BCUT2D eigenvalue weighted by Crippen LogP contribution is -2.60. The second-order valence-corrected chi connectivity index (χ2v) is 8.11. The van der Waals surface area contributed by atoms with Crippen molar-refractivity contribution in [3.63, 3.8) is 0 Å². The lowest BCUT2D eigenvalue weighted by atomic mass is 10.1. The molecule has 1 heterocycles. The molecule has 1 aliphatic heterocycles. The number of hydrogen-bond acceptors (Lipinski definition) is 5. The first-order valence-corrected chi connectivity index (χ1v) is 10.5. The predicted octanol–water partition coefficient (Wildman–Crippen LogP) is 3.93. The summed E-state index contributed by atoms with van der Waals surface area (Å²) in [5, 5.41) is 10.9. The number of amides is 2. The van der Waals surface area contributed by atoms with E-state index in [-0.39, 0.29) is 24.1 Å². The molecular formula is C23H27ClN4O3. The van der Waals surface area contributed by atoms with Crippen LogP contribution in [0.25, 0.3) is 0 Å². The largest absolute Gasteiger partial charge is 0.465 e. The quantitative estimate of drug-likeness (QED) is 0.542. The lowest BCUT2D eigenvalue weighted by Gasteiger charge is -2.45. The fourth-order valence-corrected chi connectivity index (χ4v) is 3.97. The van der Waals surface area contributed by atoms with Crippen molar-refractivity contribution in [2.45, 2.75) is 32.5 Å². The number of halogens is 1. The number of anilines is 1. The van der Waals surface area contributed by atoms with Crippen molar-refractivity contribution >= 4 is 35.5 Å². The molecule has 2 amide bonds. The van der Waals surface area contributed by atoms with Gasteiger partial charge in [0.15, 0.2) is 0 Å². The Bertz CT molecular complexity index is 964. The molecule has 1 fully saturated rings. The number of carbonyl (C=O) groups excluding carboxylic acids is 2. The SMILES string of the molecule is COC(=O)c1ccc(CNC(=O)N2C[C@H](C)N(c3ccc(C=N)c(Cl)c3)C[C@H]2C)cc1. The zero-order chi connectivity index (χ0) is 22.5. The third-order valence-electron chi connectivity index (χ3n) is 5.54. The van der Waals surface area contributed by atoms with Gasteiger partial charge in [-0.2, -0.15) is 0 Å². The van der Waals surface area contributed by atoms with Gasteiger partial charge in [-0.05, 0) is 49.7 Å². The second kappa shape index (κ2) is 9.83. The van der Waals surface area contributed by atoms with Gasteiger partial charge in [0.05, 0.1) is 17.7 Å². The van der Waals surface area contributed by atoms with Crippen LogP contribution in [-0.4, -0.2) is 55.4 Å². The van der Waals surface area contributed by atoms with Crippen molar-refractivity contribution in [1.82, 2.24) is 10.2 Å². The Morgan fingerprint density at radius 3 is 2.48 bits per heavy atom. The molecule has 7 nitrogen and oxygen atoms in total. The molecule has 1 saturated heterocycles. The number of rotatable bonds is 5. The standard InChI is InChI=1S/C23H27ClN4O3/c1-15-14-28(16(2)13-27(15)20-9-8-19(11-25)21(24)10-20)23(30)26-12-17-4-6-18(7-5-17)22(29)31-3/h4-11,15-16,25H,12-14H2,1-3H3,(H,26,30)/t15-,16+/m0/s1. The molecule has 0 spiro atoms. The van der Waals surface area contributed by atoms with Crippen LogP contribution in [0.4, 0.5) is 10.5 Å². The molecule has 164 valence electrons. The zero-order valence-corrected chi connectivity index (χ0v) is 18.6. The lowest BCUT2D eigenvalue weighted by molar-refractivity contribution is 0.0600. The van der Waals surface area contributed by atoms with E-state index in [1.165, 1.54) is 13.3 Å². The summed E-state index contributed by atoms with van der Waals surface area (Å²) in [6.07, 6.45) is 1.24. The van der Waals surface area contributed by atoms with Crippen LogP contribution in [-0.2, 0) is 11.3 Å². The minimum absolute atomic E-state index is 0.0130. The fourth-order valence-electron chi connectivity index (χ4n) is 3.74. The van der Waals surface area contributed by atoms with E-state index in [0.29, 0.717) is 35.8 Å². The van der Waals surface area contributed by atoms with Gasteiger partial charge in [-0.25, -0.2) is 9.59 Å². The van der Waals surface area contributed by atoms with Crippen molar-refractivity contribution in [2.24, 2.45) is 0 Å². The van der Waals surface area contributed by atoms with Crippen molar-refractivity contribution in [3.05, 3.63) is 64.2 Å². The van der Waals surface area contributed by atoms with E-state index in [0.717, 1.165) is 11.3 Å². The van der Waals surface area contributed by atoms with Gasteiger partial charge >= 0.3 is 12.0 Å². The van der Waals surface area contributed by atoms with Crippen molar-refractivity contribution < 1.29 is 14.3 Å². The average molecular weight is 443 g/mol. The highest BCUT2D eigenvalue weighted by Gasteiger charge is 2.32. The fraction of sp³-hybridized carbons (Fsp3) is 0.348. The van der Waals surface area contributed by atoms with Crippen molar-refractivity contribution in [3.8, 4) is 0 Å². The Morgan fingerprint density at radius 2 is 1.87 bits per heavy atom. The molecule has 3 rings (SSSR count). The van der Waals surface area contributed by atoms with Crippen LogP contribution in [0.15, 0.2) is 42.5 Å². The van der Waals surface area contributed by atoms with Crippen LogP contribution in [0.1, 0.15) is 35.3 Å². The zero-order valence-electron chi connectivity index (χ0n) is 17.9. The van der Waals surface area contributed by atoms with E-state index in [4.69, 9.17) is 21.7 Å². The number of urea groups is 1. The molecule has 0 unspecified atom stereocenters.